The van der Waals surface area contributed by atoms with E-state index < -0.39 is 0 Å². The van der Waals surface area contributed by atoms with Gasteiger partial charge in [0.2, 0.25) is 0 Å². The van der Waals surface area contributed by atoms with Gasteiger partial charge in [0.15, 0.2) is 0 Å². The van der Waals surface area contributed by atoms with E-state index in [1.165, 1.54) is 64.8 Å². The maximum absolute atomic E-state index is 3.61. The molecule has 1 heterocycles. The molecular weight excluding hydrogens is 210 g/mol. The van der Waals surface area contributed by atoms with Gasteiger partial charge in [-0.3, -0.25) is 0 Å². The number of nitrogens with one attached hydrogen (secondary N) is 1. The third-order valence-electron chi connectivity index (χ3n) is 3.55. The molecule has 1 rings (SSSR count). The molecule has 0 saturated carbocycles. The van der Waals surface area contributed by atoms with Crippen LogP contribution in [0, 0.1) is 0 Å². The SMILES string of the molecule is CCCCN(CCCN(C)C)CC1CCCN1. The minimum atomic E-state index is 0.756. The zero-order valence-electron chi connectivity index (χ0n) is 12.0. The largest absolute Gasteiger partial charge is 0.313 e. The highest BCUT2D eigenvalue weighted by molar-refractivity contribution is 4.78. The fourth-order valence-corrected chi connectivity index (χ4v) is 2.51. The molecule has 0 aliphatic carbocycles. The molecule has 3 nitrogen and oxygen atoms in total. The molecule has 1 unspecified atom stereocenters. The summed E-state index contributed by atoms with van der Waals surface area (Å²) in [6, 6.07) is 0.756. The van der Waals surface area contributed by atoms with Crippen molar-refractivity contribution in [2.45, 2.75) is 45.1 Å². The Morgan fingerprint density at radius 1 is 1.12 bits per heavy atom. The Morgan fingerprint density at radius 3 is 2.47 bits per heavy atom. The molecule has 1 saturated heterocycles. The van der Waals surface area contributed by atoms with Gasteiger partial charge in [-0.1, -0.05) is 13.3 Å². The van der Waals surface area contributed by atoms with Crippen molar-refractivity contribution in [1.29, 1.82) is 0 Å². The topological polar surface area (TPSA) is 18.5 Å². The van der Waals surface area contributed by atoms with Crippen LogP contribution in [0.25, 0.3) is 0 Å². The monoisotopic (exact) mass is 241 g/mol. The summed E-state index contributed by atoms with van der Waals surface area (Å²) in [5.74, 6) is 0. The average molecular weight is 241 g/mol. The summed E-state index contributed by atoms with van der Waals surface area (Å²) in [5, 5.41) is 3.61. The first-order chi connectivity index (χ1) is 8.22. The van der Waals surface area contributed by atoms with E-state index in [0.717, 1.165) is 6.04 Å². The first kappa shape index (κ1) is 14.9. The quantitative estimate of drug-likeness (QED) is 0.664. The van der Waals surface area contributed by atoms with Crippen molar-refractivity contribution in [2.24, 2.45) is 0 Å². The molecule has 1 N–H and O–H groups in total. The number of hydrogen-bond acceptors (Lipinski definition) is 3. The smallest absolute Gasteiger partial charge is 0.0195 e. The molecule has 0 spiro atoms. The zero-order chi connectivity index (χ0) is 12.5. The van der Waals surface area contributed by atoms with Crippen molar-refractivity contribution in [3.05, 3.63) is 0 Å². The maximum atomic E-state index is 3.61. The Kier molecular flexibility index (Phi) is 7.82. The lowest BCUT2D eigenvalue weighted by molar-refractivity contribution is 0.232. The van der Waals surface area contributed by atoms with Crippen LogP contribution < -0.4 is 5.32 Å². The fourth-order valence-electron chi connectivity index (χ4n) is 2.51. The lowest BCUT2D eigenvalue weighted by atomic mass is 10.2. The van der Waals surface area contributed by atoms with Crippen LogP contribution in [0.15, 0.2) is 0 Å². The first-order valence-corrected chi connectivity index (χ1v) is 7.33. The van der Waals surface area contributed by atoms with Crippen molar-refractivity contribution in [2.75, 3.05) is 46.8 Å². The molecule has 17 heavy (non-hydrogen) atoms. The van der Waals surface area contributed by atoms with Gasteiger partial charge in [-0.15, -0.1) is 0 Å². The van der Waals surface area contributed by atoms with Crippen LogP contribution in [0.5, 0.6) is 0 Å². The number of rotatable bonds is 9. The lowest BCUT2D eigenvalue weighted by Crippen LogP contribution is -2.39. The van der Waals surface area contributed by atoms with Crippen molar-refractivity contribution in [3.63, 3.8) is 0 Å². The predicted molar refractivity (Wildman–Crippen MR) is 75.5 cm³/mol. The van der Waals surface area contributed by atoms with Gasteiger partial charge in [-0.05, 0) is 66.0 Å². The van der Waals surface area contributed by atoms with E-state index in [2.05, 4.69) is 36.1 Å². The van der Waals surface area contributed by atoms with E-state index >= 15 is 0 Å². The molecule has 0 aromatic carbocycles. The maximum Gasteiger partial charge on any atom is 0.0195 e. The summed E-state index contributed by atoms with van der Waals surface area (Å²) in [6.07, 6.45) is 6.68. The highest BCUT2D eigenvalue weighted by atomic mass is 15.2. The van der Waals surface area contributed by atoms with Gasteiger partial charge in [0.25, 0.3) is 0 Å². The lowest BCUT2D eigenvalue weighted by Gasteiger charge is -2.26. The van der Waals surface area contributed by atoms with Gasteiger partial charge >= 0.3 is 0 Å². The van der Waals surface area contributed by atoms with Crippen molar-refractivity contribution >= 4 is 0 Å². The van der Waals surface area contributed by atoms with Crippen molar-refractivity contribution < 1.29 is 0 Å². The van der Waals surface area contributed by atoms with E-state index in [9.17, 15) is 0 Å². The van der Waals surface area contributed by atoms with Gasteiger partial charge in [0.1, 0.15) is 0 Å². The van der Waals surface area contributed by atoms with Crippen LogP contribution in [-0.2, 0) is 0 Å². The molecule has 3 heteroatoms. The molecule has 0 bridgehead atoms. The van der Waals surface area contributed by atoms with Gasteiger partial charge < -0.3 is 15.1 Å². The summed E-state index contributed by atoms with van der Waals surface area (Å²) in [5.41, 5.74) is 0. The molecule has 102 valence electrons. The van der Waals surface area contributed by atoms with Gasteiger partial charge in [0.05, 0.1) is 0 Å². The van der Waals surface area contributed by atoms with Crippen LogP contribution in [-0.4, -0.2) is 62.7 Å². The van der Waals surface area contributed by atoms with E-state index in [1.54, 1.807) is 0 Å². The van der Waals surface area contributed by atoms with E-state index in [1.807, 2.05) is 0 Å². The van der Waals surface area contributed by atoms with Gasteiger partial charge in [0, 0.05) is 12.6 Å². The normalized spacial score (nSPS) is 20.6. The summed E-state index contributed by atoms with van der Waals surface area (Å²) >= 11 is 0. The molecule has 0 aromatic rings. The highest BCUT2D eigenvalue weighted by Gasteiger charge is 2.17. The van der Waals surface area contributed by atoms with Crippen LogP contribution >= 0.6 is 0 Å². The Hall–Kier alpha value is -0.120. The van der Waals surface area contributed by atoms with E-state index in [0.29, 0.717) is 0 Å². The second kappa shape index (κ2) is 8.90. The predicted octanol–water partition coefficient (Wildman–Crippen LogP) is 1.79. The first-order valence-electron chi connectivity index (χ1n) is 7.33. The van der Waals surface area contributed by atoms with Crippen LogP contribution in [0.3, 0.4) is 0 Å². The zero-order valence-corrected chi connectivity index (χ0v) is 12.0. The molecule has 0 aromatic heterocycles. The molecule has 1 aliphatic rings. The Bertz CT molecular complexity index is 176. The van der Waals surface area contributed by atoms with E-state index in [4.69, 9.17) is 0 Å². The Morgan fingerprint density at radius 2 is 1.88 bits per heavy atom. The summed E-state index contributed by atoms with van der Waals surface area (Å²) < 4.78 is 0. The molecule has 0 radical (unpaired) electrons. The molecule has 1 aliphatic heterocycles. The summed E-state index contributed by atoms with van der Waals surface area (Å²) in [7, 11) is 4.32. The Balaban J connectivity index is 2.20. The minimum absolute atomic E-state index is 0.756. The standard InChI is InChI=1S/C14H31N3/c1-4-5-11-17(12-7-10-16(2)3)13-14-8-6-9-15-14/h14-15H,4-13H2,1-3H3. The van der Waals surface area contributed by atoms with Crippen molar-refractivity contribution in [3.8, 4) is 0 Å². The fraction of sp³-hybridized carbons (Fsp3) is 1.00. The second-order valence-corrected chi connectivity index (χ2v) is 5.60. The second-order valence-electron chi connectivity index (χ2n) is 5.60. The highest BCUT2D eigenvalue weighted by Crippen LogP contribution is 2.08. The third-order valence-corrected chi connectivity index (χ3v) is 3.55. The molecular formula is C14H31N3. The molecule has 1 fully saturated rings. The average Bonchev–Trinajstić information content (AvgIpc) is 2.78. The van der Waals surface area contributed by atoms with Crippen molar-refractivity contribution in [1.82, 2.24) is 15.1 Å². The molecule has 0 amide bonds. The minimum Gasteiger partial charge on any atom is -0.313 e. The van der Waals surface area contributed by atoms with E-state index in [-0.39, 0.29) is 0 Å². The summed E-state index contributed by atoms with van der Waals surface area (Å²) in [6.45, 7) is 8.52. The molecule has 1 atom stereocenters. The van der Waals surface area contributed by atoms with Crippen LogP contribution in [0.4, 0.5) is 0 Å². The number of unbranched alkanes of at least 4 members (excludes halogenated alkanes) is 1. The number of hydrogen-bond donors (Lipinski definition) is 1. The van der Waals surface area contributed by atoms with Gasteiger partial charge in [-0.2, -0.15) is 0 Å². The van der Waals surface area contributed by atoms with Crippen LogP contribution in [0.1, 0.15) is 39.0 Å². The third kappa shape index (κ3) is 7.02. The van der Waals surface area contributed by atoms with Gasteiger partial charge in [-0.25, -0.2) is 0 Å². The van der Waals surface area contributed by atoms with Crippen LogP contribution in [0.2, 0.25) is 0 Å². The number of nitrogens with zero attached hydrogens (tertiary/aromatic N) is 2. The Labute approximate surface area is 108 Å². The summed E-state index contributed by atoms with van der Waals surface area (Å²) in [4.78, 5) is 4.95.